The SMILES string of the molecule is CC(NC(=O)OC(C)(C)C)c1ccc(Nc2ncc(C(F)(F)F)cn2)cc1. The van der Waals surface area contributed by atoms with Gasteiger partial charge in [-0.05, 0) is 45.4 Å². The van der Waals surface area contributed by atoms with Crippen LogP contribution in [0.3, 0.4) is 0 Å². The number of amides is 1. The Kier molecular flexibility index (Phi) is 5.92. The number of aromatic nitrogens is 2. The number of nitrogens with one attached hydrogen (secondary N) is 2. The van der Waals surface area contributed by atoms with Gasteiger partial charge >= 0.3 is 12.3 Å². The van der Waals surface area contributed by atoms with E-state index in [1.807, 2.05) is 6.92 Å². The lowest BCUT2D eigenvalue weighted by Crippen LogP contribution is -2.34. The van der Waals surface area contributed by atoms with Gasteiger partial charge in [0.15, 0.2) is 0 Å². The van der Waals surface area contributed by atoms with Gasteiger partial charge in [-0.15, -0.1) is 0 Å². The number of halogens is 3. The van der Waals surface area contributed by atoms with Crippen LogP contribution in [0.4, 0.5) is 29.6 Å². The maximum Gasteiger partial charge on any atom is 0.419 e. The van der Waals surface area contributed by atoms with Crippen LogP contribution in [0, 0.1) is 0 Å². The number of anilines is 2. The lowest BCUT2D eigenvalue weighted by molar-refractivity contribution is -0.138. The summed E-state index contributed by atoms with van der Waals surface area (Å²) in [6, 6.07) is 6.69. The first-order valence-corrected chi connectivity index (χ1v) is 8.20. The highest BCUT2D eigenvalue weighted by molar-refractivity contribution is 5.68. The Morgan fingerprint density at radius 3 is 2.11 bits per heavy atom. The number of ether oxygens (including phenoxy) is 1. The molecule has 0 aliphatic heterocycles. The molecular weight excluding hydrogens is 361 g/mol. The van der Waals surface area contributed by atoms with Gasteiger partial charge in [-0.25, -0.2) is 14.8 Å². The van der Waals surface area contributed by atoms with Gasteiger partial charge in [0.1, 0.15) is 5.60 Å². The van der Waals surface area contributed by atoms with E-state index in [0.717, 1.165) is 18.0 Å². The van der Waals surface area contributed by atoms with Crippen LogP contribution in [0.25, 0.3) is 0 Å². The normalized spacial score (nSPS) is 13.0. The van der Waals surface area contributed by atoms with Crippen molar-refractivity contribution in [3.05, 3.63) is 47.8 Å². The fourth-order valence-corrected chi connectivity index (χ4v) is 2.09. The molecule has 146 valence electrons. The molecule has 6 nitrogen and oxygen atoms in total. The first kappa shape index (κ1) is 20.5. The number of carbonyl (C=O) groups is 1. The minimum atomic E-state index is -4.47. The highest BCUT2D eigenvalue weighted by Crippen LogP contribution is 2.28. The molecule has 2 aromatic rings. The fourth-order valence-electron chi connectivity index (χ4n) is 2.09. The lowest BCUT2D eigenvalue weighted by atomic mass is 10.1. The average molecular weight is 382 g/mol. The number of hydrogen-bond acceptors (Lipinski definition) is 5. The predicted molar refractivity (Wildman–Crippen MR) is 94.5 cm³/mol. The molecule has 1 heterocycles. The average Bonchev–Trinajstić information content (AvgIpc) is 2.53. The first-order valence-electron chi connectivity index (χ1n) is 8.20. The van der Waals surface area contributed by atoms with Gasteiger partial charge in [-0.2, -0.15) is 13.2 Å². The lowest BCUT2D eigenvalue weighted by Gasteiger charge is -2.22. The minimum Gasteiger partial charge on any atom is -0.444 e. The van der Waals surface area contributed by atoms with Gasteiger partial charge in [-0.3, -0.25) is 0 Å². The standard InChI is InChI=1S/C18H21F3N4O2/c1-11(24-16(26)27-17(2,3)4)12-5-7-14(8-6-12)25-15-22-9-13(10-23-15)18(19,20)21/h5-11H,1-4H3,(H,24,26)(H,22,23,25). The summed E-state index contributed by atoms with van der Waals surface area (Å²) in [5.41, 5.74) is -0.0626. The molecule has 27 heavy (non-hydrogen) atoms. The van der Waals surface area contributed by atoms with E-state index in [2.05, 4.69) is 20.6 Å². The van der Waals surface area contributed by atoms with E-state index in [4.69, 9.17) is 4.74 Å². The van der Waals surface area contributed by atoms with Crippen LogP contribution in [0.2, 0.25) is 0 Å². The zero-order chi connectivity index (χ0) is 20.2. The molecule has 0 aliphatic carbocycles. The maximum atomic E-state index is 12.5. The zero-order valence-electron chi connectivity index (χ0n) is 15.4. The number of alkyl carbamates (subject to hydrolysis) is 1. The van der Waals surface area contributed by atoms with Gasteiger partial charge in [0.25, 0.3) is 0 Å². The molecule has 1 atom stereocenters. The monoisotopic (exact) mass is 382 g/mol. The van der Waals surface area contributed by atoms with Crippen LogP contribution in [0.1, 0.15) is 44.9 Å². The van der Waals surface area contributed by atoms with E-state index in [-0.39, 0.29) is 12.0 Å². The third-order valence-electron chi connectivity index (χ3n) is 3.38. The smallest absolute Gasteiger partial charge is 0.419 e. The summed E-state index contributed by atoms with van der Waals surface area (Å²) < 4.78 is 42.7. The second-order valence-electron chi connectivity index (χ2n) is 6.91. The summed E-state index contributed by atoms with van der Waals surface area (Å²) in [4.78, 5) is 19.1. The summed E-state index contributed by atoms with van der Waals surface area (Å²) in [6.07, 6.45) is -3.56. The van der Waals surface area contributed by atoms with Crippen molar-refractivity contribution in [1.29, 1.82) is 0 Å². The Hall–Kier alpha value is -2.84. The molecule has 0 saturated heterocycles. The summed E-state index contributed by atoms with van der Waals surface area (Å²) in [5, 5.41) is 5.55. The number of nitrogens with zero attached hydrogens (tertiary/aromatic N) is 2. The summed E-state index contributed by atoms with van der Waals surface area (Å²) in [5.74, 6) is 0.0516. The molecule has 0 spiro atoms. The Morgan fingerprint density at radius 2 is 1.63 bits per heavy atom. The van der Waals surface area contributed by atoms with Crippen molar-refractivity contribution in [2.24, 2.45) is 0 Å². The Morgan fingerprint density at radius 1 is 1.07 bits per heavy atom. The van der Waals surface area contributed by atoms with Crippen LogP contribution in [-0.4, -0.2) is 21.7 Å². The molecule has 1 amide bonds. The molecule has 1 aromatic heterocycles. The summed E-state index contributed by atoms with van der Waals surface area (Å²) in [7, 11) is 0. The first-order chi connectivity index (χ1) is 12.4. The molecule has 0 radical (unpaired) electrons. The van der Waals surface area contributed by atoms with Gasteiger partial charge in [-0.1, -0.05) is 12.1 Å². The molecule has 1 unspecified atom stereocenters. The third-order valence-corrected chi connectivity index (χ3v) is 3.38. The van der Waals surface area contributed by atoms with E-state index in [9.17, 15) is 18.0 Å². The Bertz CT molecular complexity index is 769. The van der Waals surface area contributed by atoms with Crippen LogP contribution >= 0.6 is 0 Å². The van der Waals surface area contributed by atoms with Gasteiger partial charge < -0.3 is 15.4 Å². The van der Waals surface area contributed by atoms with Gasteiger partial charge in [0, 0.05) is 18.1 Å². The van der Waals surface area contributed by atoms with E-state index in [1.165, 1.54) is 0 Å². The topological polar surface area (TPSA) is 76.1 Å². The molecular formula is C18H21F3N4O2. The number of alkyl halides is 3. The number of rotatable bonds is 4. The van der Waals surface area contributed by atoms with Gasteiger partial charge in [0.2, 0.25) is 5.95 Å². The molecule has 9 heteroatoms. The van der Waals surface area contributed by atoms with Crippen molar-refractivity contribution >= 4 is 17.7 Å². The predicted octanol–water partition coefficient (Wildman–Crippen LogP) is 4.82. The van der Waals surface area contributed by atoms with Crippen LogP contribution < -0.4 is 10.6 Å². The van der Waals surface area contributed by atoms with Crippen molar-refractivity contribution in [2.75, 3.05) is 5.32 Å². The largest absolute Gasteiger partial charge is 0.444 e. The molecule has 0 aliphatic rings. The zero-order valence-corrected chi connectivity index (χ0v) is 15.4. The Balaban J connectivity index is 1.97. The van der Waals surface area contributed by atoms with E-state index in [1.54, 1.807) is 45.0 Å². The van der Waals surface area contributed by atoms with E-state index in [0.29, 0.717) is 5.69 Å². The Labute approximate surface area is 155 Å². The van der Waals surface area contributed by atoms with Crippen molar-refractivity contribution in [2.45, 2.75) is 45.5 Å². The van der Waals surface area contributed by atoms with Crippen LogP contribution in [-0.2, 0) is 10.9 Å². The third kappa shape index (κ3) is 6.43. The number of benzene rings is 1. The highest BCUT2D eigenvalue weighted by Gasteiger charge is 2.31. The highest BCUT2D eigenvalue weighted by atomic mass is 19.4. The summed E-state index contributed by atoms with van der Waals surface area (Å²) >= 11 is 0. The quantitative estimate of drug-likeness (QED) is 0.793. The number of carbonyl (C=O) groups excluding carboxylic acids is 1. The molecule has 1 aromatic carbocycles. The van der Waals surface area contributed by atoms with Crippen molar-refractivity contribution in [1.82, 2.24) is 15.3 Å². The van der Waals surface area contributed by atoms with Crippen LogP contribution in [0.5, 0.6) is 0 Å². The second-order valence-corrected chi connectivity index (χ2v) is 6.91. The van der Waals surface area contributed by atoms with E-state index >= 15 is 0 Å². The minimum absolute atomic E-state index is 0.0516. The molecule has 0 fully saturated rings. The molecule has 2 rings (SSSR count). The molecule has 2 N–H and O–H groups in total. The number of hydrogen-bond donors (Lipinski definition) is 2. The van der Waals surface area contributed by atoms with Gasteiger partial charge in [0.05, 0.1) is 11.6 Å². The van der Waals surface area contributed by atoms with E-state index < -0.39 is 23.4 Å². The van der Waals surface area contributed by atoms with Crippen molar-refractivity contribution < 1.29 is 22.7 Å². The maximum absolute atomic E-state index is 12.5. The fraction of sp³-hybridized carbons (Fsp3) is 0.389. The molecule has 0 saturated carbocycles. The van der Waals surface area contributed by atoms with Crippen LogP contribution in [0.15, 0.2) is 36.7 Å². The summed E-state index contributed by atoms with van der Waals surface area (Å²) in [6.45, 7) is 7.15. The van der Waals surface area contributed by atoms with Crippen molar-refractivity contribution in [3.63, 3.8) is 0 Å². The van der Waals surface area contributed by atoms with Crippen molar-refractivity contribution in [3.8, 4) is 0 Å². The second kappa shape index (κ2) is 7.81. The molecule has 0 bridgehead atoms.